The van der Waals surface area contributed by atoms with Crippen molar-refractivity contribution in [2.24, 2.45) is 0 Å². The summed E-state index contributed by atoms with van der Waals surface area (Å²) in [7, 11) is 0. The van der Waals surface area contributed by atoms with Crippen LogP contribution >= 0.6 is 11.6 Å². The molecule has 0 atom stereocenters. The Balaban J connectivity index is 1.66. The lowest BCUT2D eigenvalue weighted by molar-refractivity contribution is -0.117. The molecule has 1 N–H and O–H groups in total. The molecule has 0 spiro atoms. The molecule has 1 aromatic carbocycles. The van der Waals surface area contributed by atoms with Gasteiger partial charge in [-0.2, -0.15) is 0 Å². The fourth-order valence-electron chi connectivity index (χ4n) is 1.88. The van der Waals surface area contributed by atoms with Gasteiger partial charge in [0.05, 0.1) is 18.0 Å². The van der Waals surface area contributed by atoms with Gasteiger partial charge in [0.2, 0.25) is 0 Å². The molecular formula is C16H17ClN2O. The summed E-state index contributed by atoms with van der Waals surface area (Å²) in [5.74, 6) is 0.132. The molecule has 4 heteroatoms. The van der Waals surface area contributed by atoms with Crippen LogP contribution in [0.2, 0.25) is 5.02 Å². The fraction of sp³-hybridized carbons (Fsp3) is 0.250. The average molecular weight is 289 g/mol. The van der Waals surface area contributed by atoms with Crippen LogP contribution in [0.3, 0.4) is 0 Å². The highest BCUT2D eigenvalue weighted by Gasteiger charge is 2.04. The second-order valence-electron chi connectivity index (χ2n) is 4.60. The molecule has 0 saturated carbocycles. The molecule has 0 unspecified atom stereocenters. The molecule has 0 radical (unpaired) electrons. The van der Waals surface area contributed by atoms with Gasteiger partial charge in [0.1, 0.15) is 0 Å². The highest BCUT2D eigenvalue weighted by Crippen LogP contribution is 2.06. The standard InChI is InChI=1S/C16H17ClN2O/c17-14-6-7-15(19-11-14)10-16(20)12-18-9-8-13-4-2-1-3-5-13/h1-7,11,18H,8-10,12H2. The number of carbonyl (C=O) groups excluding carboxylic acids is 1. The Morgan fingerprint density at radius 3 is 2.65 bits per heavy atom. The van der Waals surface area contributed by atoms with Crippen LogP contribution in [0.4, 0.5) is 0 Å². The van der Waals surface area contributed by atoms with Gasteiger partial charge in [0, 0.05) is 11.9 Å². The van der Waals surface area contributed by atoms with Gasteiger partial charge >= 0.3 is 0 Å². The van der Waals surface area contributed by atoms with E-state index in [9.17, 15) is 4.79 Å². The summed E-state index contributed by atoms with van der Waals surface area (Å²) in [6.07, 6.45) is 2.83. The minimum absolute atomic E-state index is 0.132. The molecule has 2 aromatic rings. The molecule has 0 fully saturated rings. The van der Waals surface area contributed by atoms with E-state index in [1.165, 1.54) is 5.56 Å². The summed E-state index contributed by atoms with van der Waals surface area (Å²) in [5, 5.41) is 3.75. The van der Waals surface area contributed by atoms with Crippen LogP contribution in [0.15, 0.2) is 48.7 Å². The van der Waals surface area contributed by atoms with Gasteiger partial charge in [-0.15, -0.1) is 0 Å². The van der Waals surface area contributed by atoms with Crippen molar-refractivity contribution in [2.75, 3.05) is 13.1 Å². The molecule has 0 aliphatic rings. The number of nitrogens with zero attached hydrogens (tertiary/aromatic N) is 1. The Bertz CT molecular complexity index is 540. The zero-order valence-corrected chi connectivity index (χ0v) is 11.9. The van der Waals surface area contributed by atoms with Crippen molar-refractivity contribution in [2.45, 2.75) is 12.8 Å². The average Bonchev–Trinajstić information content (AvgIpc) is 2.47. The van der Waals surface area contributed by atoms with E-state index in [2.05, 4.69) is 22.4 Å². The number of carbonyl (C=O) groups is 1. The van der Waals surface area contributed by atoms with Crippen LogP contribution < -0.4 is 5.32 Å². The van der Waals surface area contributed by atoms with E-state index in [0.29, 0.717) is 18.0 Å². The van der Waals surface area contributed by atoms with E-state index in [1.54, 1.807) is 18.3 Å². The van der Waals surface area contributed by atoms with E-state index in [1.807, 2.05) is 18.2 Å². The van der Waals surface area contributed by atoms with Gasteiger partial charge in [-0.05, 0) is 30.7 Å². The highest BCUT2D eigenvalue weighted by molar-refractivity contribution is 6.30. The molecule has 0 amide bonds. The van der Waals surface area contributed by atoms with Gasteiger partial charge in [0.15, 0.2) is 5.78 Å². The molecular weight excluding hydrogens is 272 g/mol. The Kier molecular flexibility index (Phi) is 5.71. The maximum absolute atomic E-state index is 11.8. The molecule has 1 heterocycles. The van der Waals surface area contributed by atoms with Gasteiger partial charge in [0.25, 0.3) is 0 Å². The fourth-order valence-corrected chi connectivity index (χ4v) is 1.99. The van der Waals surface area contributed by atoms with Crippen molar-refractivity contribution in [1.29, 1.82) is 0 Å². The largest absolute Gasteiger partial charge is 0.310 e. The summed E-state index contributed by atoms with van der Waals surface area (Å²) < 4.78 is 0. The van der Waals surface area contributed by atoms with Crippen molar-refractivity contribution < 1.29 is 4.79 Å². The van der Waals surface area contributed by atoms with E-state index < -0.39 is 0 Å². The van der Waals surface area contributed by atoms with Gasteiger partial charge in [-0.1, -0.05) is 41.9 Å². The Hall–Kier alpha value is -1.71. The second kappa shape index (κ2) is 7.78. The minimum atomic E-state index is 0.132. The number of hydrogen-bond donors (Lipinski definition) is 1. The predicted molar refractivity (Wildman–Crippen MR) is 81.0 cm³/mol. The molecule has 0 aliphatic carbocycles. The summed E-state index contributed by atoms with van der Waals surface area (Å²) in [6, 6.07) is 13.7. The maximum atomic E-state index is 11.8. The van der Waals surface area contributed by atoms with Crippen LogP contribution in [0.1, 0.15) is 11.3 Å². The van der Waals surface area contributed by atoms with Gasteiger partial charge < -0.3 is 5.32 Å². The Morgan fingerprint density at radius 1 is 1.15 bits per heavy atom. The lowest BCUT2D eigenvalue weighted by Crippen LogP contribution is -2.26. The SMILES string of the molecule is O=C(CNCCc1ccccc1)Cc1ccc(Cl)cn1. The van der Waals surface area contributed by atoms with Crippen LogP contribution in [0.5, 0.6) is 0 Å². The lowest BCUT2D eigenvalue weighted by Gasteiger charge is -2.04. The van der Waals surface area contributed by atoms with Crippen molar-refractivity contribution in [3.63, 3.8) is 0 Å². The number of rotatable bonds is 7. The Morgan fingerprint density at radius 2 is 1.95 bits per heavy atom. The molecule has 2 rings (SSSR count). The first-order chi connectivity index (χ1) is 9.74. The number of nitrogens with one attached hydrogen (secondary N) is 1. The van der Waals surface area contributed by atoms with Crippen molar-refractivity contribution in [3.8, 4) is 0 Å². The van der Waals surface area contributed by atoms with E-state index in [4.69, 9.17) is 11.6 Å². The number of Topliss-reactive ketones (excluding diaryl/α,β-unsaturated/α-hetero) is 1. The van der Waals surface area contributed by atoms with Crippen LogP contribution in [0, 0.1) is 0 Å². The van der Waals surface area contributed by atoms with Gasteiger partial charge in [-0.25, -0.2) is 0 Å². The summed E-state index contributed by atoms with van der Waals surface area (Å²) in [5.41, 5.74) is 2.02. The second-order valence-corrected chi connectivity index (χ2v) is 5.03. The number of aromatic nitrogens is 1. The molecule has 104 valence electrons. The predicted octanol–water partition coefficient (Wildman–Crippen LogP) is 2.68. The summed E-state index contributed by atoms with van der Waals surface area (Å²) in [6.45, 7) is 1.17. The monoisotopic (exact) mass is 288 g/mol. The van der Waals surface area contributed by atoms with Gasteiger partial charge in [-0.3, -0.25) is 9.78 Å². The van der Waals surface area contributed by atoms with E-state index >= 15 is 0 Å². The molecule has 20 heavy (non-hydrogen) atoms. The molecule has 3 nitrogen and oxygen atoms in total. The highest BCUT2D eigenvalue weighted by atomic mass is 35.5. The third-order valence-corrected chi connectivity index (χ3v) is 3.15. The Labute approximate surface area is 124 Å². The van der Waals surface area contributed by atoms with Crippen molar-refractivity contribution in [3.05, 3.63) is 64.9 Å². The first-order valence-electron chi connectivity index (χ1n) is 6.61. The quantitative estimate of drug-likeness (QED) is 0.797. The zero-order valence-electron chi connectivity index (χ0n) is 11.2. The maximum Gasteiger partial charge on any atom is 0.152 e. The first kappa shape index (κ1) is 14.7. The number of hydrogen-bond acceptors (Lipinski definition) is 3. The molecule has 0 saturated heterocycles. The lowest BCUT2D eigenvalue weighted by atomic mass is 10.1. The zero-order chi connectivity index (χ0) is 14.2. The third-order valence-electron chi connectivity index (χ3n) is 2.92. The number of pyridine rings is 1. The topological polar surface area (TPSA) is 42.0 Å². The molecule has 0 aliphatic heterocycles. The molecule has 0 bridgehead atoms. The molecule has 1 aromatic heterocycles. The van der Waals surface area contributed by atoms with Crippen molar-refractivity contribution in [1.82, 2.24) is 10.3 Å². The van der Waals surface area contributed by atoms with Crippen LogP contribution in [-0.2, 0) is 17.6 Å². The normalized spacial score (nSPS) is 10.4. The minimum Gasteiger partial charge on any atom is -0.310 e. The first-order valence-corrected chi connectivity index (χ1v) is 6.98. The van der Waals surface area contributed by atoms with E-state index in [-0.39, 0.29) is 5.78 Å². The number of benzene rings is 1. The smallest absolute Gasteiger partial charge is 0.152 e. The van der Waals surface area contributed by atoms with Crippen LogP contribution in [0.25, 0.3) is 0 Å². The number of ketones is 1. The van der Waals surface area contributed by atoms with E-state index in [0.717, 1.165) is 18.7 Å². The number of halogens is 1. The van der Waals surface area contributed by atoms with Crippen LogP contribution in [-0.4, -0.2) is 23.9 Å². The summed E-state index contributed by atoms with van der Waals surface area (Å²) >= 11 is 5.75. The third kappa shape index (κ3) is 5.11. The summed E-state index contributed by atoms with van der Waals surface area (Å²) in [4.78, 5) is 15.9. The van der Waals surface area contributed by atoms with Crippen molar-refractivity contribution >= 4 is 17.4 Å².